The molecule has 0 radical (unpaired) electrons. The number of carbonyl (C=O) groups is 2. The summed E-state index contributed by atoms with van der Waals surface area (Å²) in [5.41, 5.74) is 3.79. The molecule has 1 saturated heterocycles. The van der Waals surface area contributed by atoms with Crippen LogP contribution in [0, 0.1) is 13.8 Å². The van der Waals surface area contributed by atoms with E-state index in [0.29, 0.717) is 24.5 Å². The lowest BCUT2D eigenvalue weighted by molar-refractivity contribution is -0.196. The van der Waals surface area contributed by atoms with Crippen LogP contribution in [-0.2, 0) is 30.2 Å². The zero-order valence-corrected chi connectivity index (χ0v) is 19.3. The SMILES string of the molecule is CCOC(=O)C1(OC(=O)Cc2cc(C)c(-c3ccc(Cl)cc3)cc2C)CCOC(C)C1. The summed E-state index contributed by atoms with van der Waals surface area (Å²) < 4.78 is 16.6. The van der Waals surface area contributed by atoms with Crippen LogP contribution in [0.3, 0.4) is 0 Å². The van der Waals surface area contributed by atoms with Crippen LogP contribution >= 0.6 is 11.6 Å². The summed E-state index contributed by atoms with van der Waals surface area (Å²) in [5.74, 6) is -0.937. The first kappa shape index (κ1) is 23.3. The molecule has 5 nitrogen and oxygen atoms in total. The Hall–Kier alpha value is -2.37. The van der Waals surface area contributed by atoms with Gasteiger partial charge >= 0.3 is 11.9 Å². The summed E-state index contributed by atoms with van der Waals surface area (Å²) in [6, 6.07) is 11.8. The van der Waals surface area contributed by atoms with Crippen LogP contribution in [0.5, 0.6) is 0 Å². The molecular formula is C25H29ClO5. The number of ether oxygens (including phenoxy) is 3. The molecule has 3 rings (SSSR count). The predicted molar refractivity (Wildman–Crippen MR) is 120 cm³/mol. The van der Waals surface area contributed by atoms with Gasteiger partial charge in [0, 0.05) is 17.9 Å². The maximum Gasteiger partial charge on any atom is 0.350 e. The molecular weight excluding hydrogens is 416 g/mol. The summed E-state index contributed by atoms with van der Waals surface area (Å²) in [6.07, 6.45) is 0.499. The number of aryl methyl sites for hydroxylation is 2. The molecule has 2 aromatic rings. The van der Waals surface area contributed by atoms with Gasteiger partial charge in [0.25, 0.3) is 0 Å². The molecule has 0 N–H and O–H groups in total. The van der Waals surface area contributed by atoms with Crippen molar-refractivity contribution in [1.29, 1.82) is 0 Å². The zero-order valence-electron chi connectivity index (χ0n) is 18.5. The highest BCUT2D eigenvalue weighted by Gasteiger charge is 2.47. The van der Waals surface area contributed by atoms with E-state index in [1.54, 1.807) is 6.92 Å². The van der Waals surface area contributed by atoms with Gasteiger partial charge in [0.2, 0.25) is 5.60 Å². The molecule has 1 heterocycles. The Bertz CT molecular complexity index is 953. The second kappa shape index (κ2) is 9.84. The molecule has 1 aliphatic heterocycles. The molecule has 0 saturated carbocycles. The Kier molecular flexibility index (Phi) is 7.39. The topological polar surface area (TPSA) is 61.8 Å². The highest BCUT2D eigenvalue weighted by atomic mass is 35.5. The van der Waals surface area contributed by atoms with Crippen LogP contribution in [0.1, 0.15) is 43.4 Å². The summed E-state index contributed by atoms with van der Waals surface area (Å²) in [6.45, 7) is 8.17. The quantitative estimate of drug-likeness (QED) is 0.572. The standard InChI is InChI=1S/C25H29ClO5/c1-5-29-24(28)25(10-11-30-18(4)15-25)31-23(27)14-20-12-17(3)22(13-16(20)2)19-6-8-21(26)9-7-19/h6-9,12-13,18H,5,10-11,14-15H2,1-4H3. The lowest BCUT2D eigenvalue weighted by Gasteiger charge is -2.37. The number of rotatable bonds is 6. The average Bonchev–Trinajstić information content (AvgIpc) is 2.71. The monoisotopic (exact) mass is 444 g/mol. The molecule has 1 aliphatic rings. The van der Waals surface area contributed by atoms with Gasteiger partial charge in [0.1, 0.15) is 0 Å². The van der Waals surface area contributed by atoms with E-state index in [1.165, 1.54) is 0 Å². The van der Waals surface area contributed by atoms with E-state index in [2.05, 4.69) is 6.07 Å². The number of esters is 2. The first-order valence-corrected chi connectivity index (χ1v) is 11.0. The second-order valence-corrected chi connectivity index (χ2v) is 8.54. The molecule has 2 unspecified atom stereocenters. The highest BCUT2D eigenvalue weighted by Crippen LogP contribution is 2.32. The average molecular weight is 445 g/mol. The van der Waals surface area contributed by atoms with E-state index >= 15 is 0 Å². The van der Waals surface area contributed by atoms with E-state index in [1.807, 2.05) is 51.1 Å². The first-order valence-electron chi connectivity index (χ1n) is 10.6. The zero-order chi connectivity index (χ0) is 22.6. The molecule has 0 aromatic heterocycles. The fourth-order valence-corrected chi connectivity index (χ4v) is 4.18. The third kappa shape index (κ3) is 5.46. The van der Waals surface area contributed by atoms with Crippen LogP contribution in [0.25, 0.3) is 11.1 Å². The Balaban J connectivity index is 1.79. The molecule has 166 valence electrons. The van der Waals surface area contributed by atoms with Crippen LogP contribution in [0.4, 0.5) is 0 Å². The largest absolute Gasteiger partial charge is 0.463 e. The lowest BCUT2D eigenvalue weighted by Crippen LogP contribution is -2.51. The van der Waals surface area contributed by atoms with Crippen LogP contribution in [0.2, 0.25) is 5.02 Å². The van der Waals surface area contributed by atoms with Gasteiger partial charge in [-0.25, -0.2) is 4.79 Å². The summed E-state index contributed by atoms with van der Waals surface area (Å²) in [5, 5.41) is 0.690. The summed E-state index contributed by atoms with van der Waals surface area (Å²) in [4.78, 5) is 25.5. The summed E-state index contributed by atoms with van der Waals surface area (Å²) >= 11 is 6.00. The van der Waals surface area contributed by atoms with Gasteiger partial charge in [-0.15, -0.1) is 0 Å². The fraction of sp³-hybridized carbons (Fsp3) is 0.440. The normalized spacial score (nSPS) is 20.9. The highest BCUT2D eigenvalue weighted by molar-refractivity contribution is 6.30. The van der Waals surface area contributed by atoms with Crippen LogP contribution in [0.15, 0.2) is 36.4 Å². The van der Waals surface area contributed by atoms with E-state index in [0.717, 1.165) is 27.8 Å². The van der Waals surface area contributed by atoms with Crippen molar-refractivity contribution in [2.24, 2.45) is 0 Å². The molecule has 1 fully saturated rings. The molecule has 6 heteroatoms. The van der Waals surface area contributed by atoms with Gasteiger partial charge in [-0.05, 0) is 67.6 Å². The van der Waals surface area contributed by atoms with Gasteiger partial charge in [-0.3, -0.25) is 4.79 Å². The molecule has 0 spiro atoms. The lowest BCUT2D eigenvalue weighted by atomic mass is 9.90. The van der Waals surface area contributed by atoms with Gasteiger partial charge < -0.3 is 14.2 Å². The molecule has 0 amide bonds. The fourth-order valence-electron chi connectivity index (χ4n) is 4.05. The Morgan fingerprint density at radius 1 is 1.16 bits per heavy atom. The Morgan fingerprint density at radius 3 is 2.52 bits per heavy atom. The third-order valence-corrected chi connectivity index (χ3v) is 5.91. The number of carbonyl (C=O) groups excluding carboxylic acids is 2. The van der Waals surface area contributed by atoms with E-state index < -0.39 is 17.5 Å². The molecule has 0 aliphatic carbocycles. The van der Waals surface area contributed by atoms with E-state index in [9.17, 15) is 9.59 Å². The van der Waals surface area contributed by atoms with E-state index in [4.69, 9.17) is 25.8 Å². The van der Waals surface area contributed by atoms with Gasteiger partial charge in [-0.1, -0.05) is 35.9 Å². The van der Waals surface area contributed by atoms with Crippen molar-refractivity contribution in [2.45, 2.75) is 58.7 Å². The molecule has 2 aromatic carbocycles. The number of hydrogen-bond acceptors (Lipinski definition) is 5. The van der Waals surface area contributed by atoms with Gasteiger partial charge in [-0.2, -0.15) is 0 Å². The van der Waals surface area contributed by atoms with Gasteiger partial charge in [0.05, 0.1) is 25.7 Å². The molecule has 0 bridgehead atoms. The minimum Gasteiger partial charge on any atom is -0.463 e. The van der Waals surface area contributed by atoms with Crippen molar-refractivity contribution in [2.75, 3.05) is 13.2 Å². The second-order valence-electron chi connectivity index (χ2n) is 8.10. The van der Waals surface area contributed by atoms with Crippen LogP contribution < -0.4 is 0 Å². The Labute approximate surface area is 188 Å². The third-order valence-electron chi connectivity index (χ3n) is 5.66. The van der Waals surface area contributed by atoms with Crippen molar-refractivity contribution >= 4 is 23.5 Å². The smallest absolute Gasteiger partial charge is 0.350 e. The Morgan fingerprint density at radius 2 is 1.87 bits per heavy atom. The number of benzene rings is 2. The maximum atomic E-state index is 12.9. The maximum absolute atomic E-state index is 12.9. The van der Waals surface area contributed by atoms with Crippen molar-refractivity contribution in [3.05, 3.63) is 58.1 Å². The van der Waals surface area contributed by atoms with Crippen molar-refractivity contribution < 1.29 is 23.8 Å². The van der Waals surface area contributed by atoms with Crippen molar-refractivity contribution in [1.82, 2.24) is 0 Å². The minimum atomic E-state index is -1.28. The summed E-state index contributed by atoms with van der Waals surface area (Å²) in [7, 11) is 0. The van der Waals surface area contributed by atoms with Gasteiger partial charge in [0.15, 0.2) is 0 Å². The number of hydrogen-bond donors (Lipinski definition) is 0. The minimum absolute atomic E-state index is 0.0873. The van der Waals surface area contributed by atoms with Crippen molar-refractivity contribution in [3.63, 3.8) is 0 Å². The molecule has 2 atom stereocenters. The number of halogens is 1. The van der Waals surface area contributed by atoms with E-state index in [-0.39, 0.29) is 19.1 Å². The predicted octanol–water partition coefficient (Wildman–Crippen LogP) is 5.21. The van der Waals surface area contributed by atoms with Crippen molar-refractivity contribution in [3.8, 4) is 11.1 Å². The first-order chi connectivity index (χ1) is 14.7. The molecule has 31 heavy (non-hydrogen) atoms. The van der Waals surface area contributed by atoms with Crippen LogP contribution in [-0.4, -0.2) is 36.9 Å².